The van der Waals surface area contributed by atoms with Crippen molar-refractivity contribution in [2.75, 3.05) is 13.4 Å². The van der Waals surface area contributed by atoms with Crippen LogP contribution in [0.2, 0.25) is 0 Å². The Labute approximate surface area is 183 Å². The van der Waals surface area contributed by atoms with Gasteiger partial charge in [-0.05, 0) is 54.8 Å². The minimum Gasteiger partial charge on any atom is -0.465 e. The molecule has 0 aliphatic carbocycles. The largest absolute Gasteiger partial charge is 0.465 e. The molecule has 2 heterocycles. The highest BCUT2D eigenvalue weighted by molar-refractivity contribution is 7.16. The number of hydrogen-bond acceptors (Lipinski definition) is 6. The van der Waals surface area contributed by atoms with Crippen LogP contribution < -0.4 is 14.3 Å². The molecule has 0 unspecified atom stereocenters. The molecule has 2 aromatic carbocycles. The van der Waals surface area contributed by atoms with Crippen molar-refractivity contribution in [3.8, 4) is 11.5 Å². The first-order chi connectivity index (χ1) is 15.1. The Morgan fingerprint density at radius 2 is 2.00 bits per heavy atom. The van der Waals surface area contributed by atoms with Crippen LogP contribution >= 0.6 is 11.3 Å². The standard InChI is InChI=1S/C23H22N2O5S/c1-3-15-5-8-17-20(12-15)31-23(25(17)13-22(27)28-4-2)24-21(26)10-7-16-6-9-18-19(11-16)30-14-29-18/h5-12H,3-4,13-14H2,1-2H3/b10-7-,24-23?. The summed E-state index contributed by atoms with van der Waals surface area (Å²) in [5, 5.41) is 0. The SMILES string of the molecule is CCOC(=O)Cn1c(=NC(=O)/C=C\c2ccc3c(c2)OCO3)sc2cc(CC)ccc21. The Bertz CT molecular complexity index is 1240. The molecule has 0 bridgehead atoms. The molecule has 0 saturated heterocycles. The molecule has 0 saturated carbocycles. The summed E-state index contributed by atoms with van der Waals surface area (Å²) in [7, 11) is 0. The van der Waals surface area contributed by atoms with Crippen LogP contribution in [-0.4, -0.2) is 29.8 Å². The number of benzene rings is 2. The maximum atomic E-state index is 12.6. The van der Waals surface area contributed by atoms with E-state index >= 15 is 0 Å². The maximum absolute atomic E-state index is 12.6. The van der Waals surface area contributed by atoms with Gasteiger partial charge in [0, 0.05) is 6.08 Å². The molecule has 0 atom stereocenters. The number of nitrogens with zero attached hydrogens (tertiary/aromatic N) is 2. The molecule has 1 aliphatic rings. The van der Waals surface area contributed by atoms with Gasteiger partial charge < -0.3 is 18.8 Å². The summed E-state index contributed by atoms with van der Waals surface area (Å²) in [5.74, 6) is 0.545. The molecule has 31 heavy (non-hydrogen) atoms. The average molecular weight is 439 g/mol. The fourth-order valence-electron chi connectivity index (χ4n) is 3.23. The van der Waals surface area contributed by atoms with Crippen LogP contribution in [0.5, 0.6) is 11.5 Å². The van der Waals surface area contributed by atoms with Gasteiger partial charge >= 0.3 is 5.97 Å². The van der Waals surface area contributed by atoms with E-state index in [-0.39, 0.29) is 19.3 Å². The number of aromatic nitrogens is 1. The van der Waals surface area contributed by atoms with Gasteiger partial charge in [0.25, 0.3) is 5.91 Å². The summed E-state index contributed by atoms with van der Waals surface area (Å²) in [6.45, 7) is 4.33. The van der Waals surface area contributed by atoms with E-state index in [0.717, 1.165) is 22.2 Å². The zero-order valence-corrected chi connectivity index (χ0v) is 18.1. The second-order valence-electron chi connectivity index (χ2n) is 6.83. The molecular formula is C23H22N2O5S. The summed E-state index contributed by atoms with van der Waals surface area (Å²) >= 11 is 1.38. The molecule has 0 spiro atoms. The number of hydrogen-bond donors (Lipinski definition) is 0. The third-order valence-electron chi connectivity index (χ3n) is 4.77. The van der Waals surface area contributed by atoms with Crippen molar-refractivity contribution in [1.29, 1.82) is 0 Å². The number of carbonyl (C=O) groups is 2. The van der Waals surface area contributed by atoms with Crippen molar-refractivity contribution in [3.63, 3.8) is 0 Å². The van der Waals surface area contributed by atoms with Gasteiger partial charge in [0.2, 0.25) is 6.79 Å². The number of ether oxygens (including phenoxy) is 3. The molecule has 8 heteroatoms. The summed E-state index contributed by atoms with van der Waals surface area (Å²) in [6, 6.07) is 11.5. The van der Waals surface area contributed by atoms with Gasteiger partial charge in [-0.15, -0.1) is 0 Å². The van der Waals surface area contributed by atoms with E-state index < -0.39 is 5.91 Å². The van der Waals surface area contributed by atoms with Gasteiger partial charge in [0.05, 0.1) is 16.8 Å². The summed E-state index contributed by atoms with van der Waals surface area (Å²) in [6.07, 6.45) is 3.97. The van der Waals surface area contributed by atoms with Crippen molar-refractivity contribution in [2.45, 2.75) is 26.8 Å². The van der Waals surface area contributed by atoms with E-state index in [1.54, 1.807) is 29.7 Å². The first-order valence-electron chi connectivity index (χ1n) is 10.0. The summed E-state index contributed by atoms with van der Waals surface area (Å²) in [4.78, 5) is 29.4. The van der Waals surface area contributed by atoms with Gasteiger partial charge in [-0.3, -0.25) is 9.59 Å². The topological polar surface area (TPSA) is 79.1 Å². The molecule has 1 aromatic heterocycles. The van der Waals surface area contributed by atoms with Crippen LogP contribution in [-0.2, 0) is 27.3 Å². The second-order valence-corrected chi connectivity index (χ2v) is 7.84. The highest BCUT2D eigenvalue weighted by Gasteiger charge is 2.13. The van der Waals surface area contributed by atoms with E-state index in [9.17, 15) is 9.59 Å². The van der Waals surface area contributed by atoms with Crippen molar-refractivity contribution >= 4 is 39.5 Å². The monoisotopic (exact) mass is 438 g/mol. The van der Waals surface area contributed by atoms with Crippen molar-refractivity contribution in [3.05, 3.63) is 58.4 Å². The number of esters is 1. The normalized spacial score (nSPS) is 13.3. The molecular weight excluding hydrogens is 416 g/mol. The lowest BCUT2D eigenvalue weighted by molar-refractivity contribution is -0.143. The number of carbonyl (C=O) groups excluding carboxylic acids is 2. The number of thiazole rings is 1. The molecule has 7 nitrogen and oxygen atoms in total. The maximum Gasteiger partial charge on any atom is 0.326 e. The quantitative estimate of drug-likeness (QED) is 0.433. The smallest absolute Gasteiger partial charge is 0.326 e. The highest BCUT2D eigenvalue weighted by Crippen LogP contribution is 2.32. The Balaban J connectivity index is 1.66. The minimum atomic E-state index is -0.419. The zero-order valence-electron chi connectivity index (χ0n) is 17.3. The first kappa shape index (κ1) is 20.9. The predicted molar refractivity (Wildman–Crippen MR) is 118 cm³/mol. The van der Waals surface area contributed by atoms with E-state index in [1.807, 2.05) is 18.2 Å². The van der Waals surface area contributed by atoms with Crippen LogP contribution in [0.15, 0.2) is 47.5 Å². The molecule has 4 rings (SSSR count). The van der Waals surface area contributed by atoms with Crippen LogP contribution in [0, 0.1) is 0 Å². The van der Waals surface area contributed by atoms with Gasteiger partial charge in [-0.25, -0.2) is 0 Å². The molecule has 0 fully saturated rings. The lowest BCUT2D eigenvalue weighted by Crippen LogP contribution is -2.22. The Morgan fingerprint density at radius 1 is 1.16 bits per heavy atom. The van der Waals surface area contributed by atoms with Crippen molar-refractivity contribution in [2.24, 2.45) is 4.99 Å². The van der Waals surface area contributed by atoms with E-state index in [2.05, 4.69) is 18.0 Å². The van der Waals surface area contributed by atoms with E-state index in [0.29, 0.717) is 22.9 Å². The second kappa shape index (κ2) is 9.18. The third kappa shape index (κ3) is 4.69. The molecule has 160 valence electrons. The third-order valence-corrected chi connectivity index (χ3v) is 5.81. The zero-order chi connectivity index (χ0) is 21.8. The Kier molecular flexibility index (Phi) is 6.18. The molecule has 1 amide bonds. The highest BCUT2D eigenvalue weighted by atomic mass is 32.1. The number of aryl methyl sites for hydroxylation is 1. The lowest BCUT2D eigenvalue weighted by Gasteiger charge is -2.05. The van der Waals surface area contributed by atoms with Crippen LogP contribution in [0.1, 0.15) is 25.0 Å². The lowest BCUT2D eigenvalue weighted by atomic mass is 10.2. The van der Waals surface area contributed by atoms with E-state index in [4.69, 9.17) is 14.2 Å². The number of rotatable bonds is 6. The van der Waals surface area contributed by atoms with Crippen molar-refractivity contribution in [1.82, 2.24) is 4.57 Å². The Hall–Kier alpha value is -3.39. The van der Waals surface area contributed by atoms with E-state index in [1.165, 1.54) is 23.0 Å². The number of fused-ring (bicyclic) bond motifs is 2. The van der Waals surface area contributed by atoms with Gasteiger partial charge in [0.1, 0.15) is 6.54 Å². The molecule has 0 N–H and O–H groups in total. The summed E-state index contributed by atoms with van der Waals surface area (Å²) < 4.78 is 18.4. The van der Waals surface area contributed by atoms with Gasteiger partial charge in [0.15, 0.2) is 16.3 Å². The molecule has 3 aromatic rings. The fraction of sp³-hybridized carbons (Fsp3) is 0.261. The molecule has 0 radical (unpaired) electrons. The molecule has 1 aliphatic heterocycles. The summed E-state index contributed by atoms with van der Waals surface area (Å²) in [5.41, 5.74) is 2.83. The van der Waals surface area contributed by atoms with Crippen LogP contribution in [0.3, 0.4) is 0 Å². The fourth-order valence-corrected chi connectivity index (χ4v) is 4.33. The van der Waals surface area contributed by atoms with Gasteiger partial charge in [-0.1, -0.05) is 30.4 Å². The number of amides is 1. The Morgan fingerprint density at radius 3 is 2.81 bits per heavy atom. The van der Waals surface area contributed by atoms with Gasteiger partial charge in [-0.2, -0.15) is 4.99 Å². The average Bonchev–Trinajstić information content (AvgIpc) is 3.36. The van der Waals surface area contributed by atoms with Crippen LogP contribution in [0.25, 0.3) is 16.3 Å². The predicted octanol–water partition coefficient (Wildman–Crippen LogP) is 3.70. The van der Waals surface area contributed by atoms with Crippen molar-refractivity contribution < 1.29 is 23.8 Å². The first-order valence-corrected chi connectivity index (χ1v) is 10.8. The van der Waals surface area contributed by atoms with Crippen LogP contribution in [0.4, 0.5) is 0 Å². The minimum absolute atomic E-state index is 0.00268.